The molecule has 272 valence electrons. The van der Waals surface area contributed by atoms with E-state index in [2.05, 4.69) is 75.1 Å². The molecule has 0 aromatic heterocycles. The second-order valence-electron chi connectivity index (χ2n) is 14.1. The highest BCUT2D eigenvalue weighted by atomic mass is 16.7. The molecular formula is C42H49N5O5. The number of aliphatic hydroxyl groups is 1. The zero-order chi connectivity index (χ0) is 36.1. The topological polar surface area (TPSA) is 115 Å². The molecule has 3 amide bonds. The van der Waals surface area contributed by atoms with E-state index in [0.717, 1.165) is 71.5 Å². The molecule has 0 saturated carbocycles. The number of carbonyl (C=O) groups is 2. The number of amides is 3. The SMILES string of the molecule is CCNC(=O)NCc1cccc(-c2cccc([C@@H]3O[C@H](CN4CCC5(CC4)C(=O)NCN5c4ccccc4)[C@H](C)[C@H](c4ccc(CO)cc4)O3)c2)c1. The number of benzene rings is 4. The number of hydrogen-bond acceptors (Lipinski definition) is 7. The van der Waals surface area contributed by atoms with Crippen molar-refractivity contribution in [1.82, 2.24) is 20.9 Å². The molecule has 52 heavy (non-hydrogen) atoms. The van der Waals surface area contributed by atoms with Gasteiger partial charge in [0.25, 0.3) is 0 Å². The van der Waals surface area contributed by atoms with Crippen molar-refractivity contribution in [2.45, 2.75) is 63.9 Å². The van der Waals surface area contributed by atoms with Crippen LogP contribution < -0.4 is 20.9 Å². The van der Waals surface area contributed by atoms with E-state index in [0.29, 0.717) is 19.8 Å². The molecule has 0 aliphatic carbocycles. The zero-order valence-electron chi connectivity index (χ0n) is 30.0. The fourth-order valence-electron chi connectivity index (χ4n) is 7.85. The number of piperidine rings is 1. The third kappa shape index (κ3) is 7.56. The molecule has 4 aromatic carbocycles. The summed E-state index contributed by atoms with van der Waals surface area (Å²) in [6.07, 6.45) is 0.512. The van der Waals surface area contributed by atoms with Crippen LogP contribution in [0.3, 0.4) is 0 Å². The van der Waals surface area contributed by atoms with Crippen molar-refractivity contribution in [3.8, 4) is 11.1 Å². The van der Waals surface area contributed by atoms with Crippen LogP contribution in [-0.4, -0.2) is 66.4 Å². The van der Waals surface area contributed by atoms with Crippen LogP contribution in [0.2, 0.25) is 0 Å². The minimum absolute atomic E-state index is 0.0120. The van der Waals surface area contributed by atoms with Gasteiger partial charge in [-0.2, -0.15) is 0 Å². The molecule has 3 saturated heterocycles. The average Bonchev–Trinajstić information content (AvgIpc) is 3.50. The number of likely N-dealkylation sites (tertiary alicyclic amines) is 1. The molecule has 7 rings (SSSR count). The number of rotatable bonds is 10. The maximum absolute atomic E-state index is 13.3. The number of anilines is 1. The summed E-state index contributed by atoms with van der Waals surface area (Å²) in [5.74, 6) is 0.154. The third-order valence-electron chi connectivity index (χ3n) is 10.9. The smallest absolute Gasteiger partial charge is 0.315 e. The first-order chi connectivity index (χ1) is 25.4. The summed E-state index contributed by atoms with van der Waals surface area (Å²) in [5, 5.41) is 18.5. The monoisotopic (exact) mass is 703 g/mol. The normalized spacial score (nSPS) is 23.0. The van der Waals surface area contributed by atoms with Crippen LogP contribution in [0.15, 0.2) is 103 Å². The maximum atomic E-state index is 13.3. The lowest BCUT2D eigenvalue weighted by molar-refractivity contribution is -0.276. The molecule has 0 unspecified atom stereocenters. The molecule has 10 nitrogen and oxygen atoms in total. The van der Waals surface area contributed by atoms with Crippen molar-refractivity contribution < 1.29 is 24.2 Å². The molecule has 10 heteroatoms. The second kappa shape index (κ2) is 15.9. The Morgan fingerprint density at radius 2 is 1.60 bits per heavy atom. The molecule has 3 aliphatic rings. The standard InChI is InChI=1S/C42H49N5O5/c1-3-43-41(50)44-25-31-9-7-10-33(23-31)34-11-8-12-35(24-34)39-51-37(29(2)38(52-39)32-17-15-30(27-48)16-18-32)26-46-21-19-42(20-22-46)40(49)45-28-47(42)36-13-5-4-6-14-36/h4-18,23-24,29,37-39,48H,3,19-22,25-28H2,1-2H3,(H,45,49)(H2,43,44,50)/t29-,37+,38+,39+/m0/s1. The number of nitrogens with zero attached hydrogens (tertiary/aromatic N) is 2. The van der Waals surface area contributed by atoms with Gasteiger partial charge in [0.15, 0.2) is 6.29 Å². The van der Waals surface area contributed by atoms with Crippen LogP contribution in [0.5, 0.6) is 0 Å². The lowest BCUT2D eigenvalue weighted by Crippen LogP contribution is -2.57. The van der Waals surface area contributed by atoms with Crippen molar-refractivity contribution >= 4 is 17.6 Å². The highest BCUT2D eigenvalue weighted by Crippen LogP contribution is 2.43. The van der Waals surface area contributed by atoms with Gasteiger partial charge >= 0.3 is 6.03 Å². The van der Waals surface area contributed by atoms with E-state index < -0.39 is 11.8 Å². The Morgan fingerprint density at radius 1 is 0.865 bits per heavy atom. The number of ether oxygens (including phenoxy) is 2. The van der Waals surface area contributed by atoms with Gasteiger partial charge in [-0.15, -0.1) is 0 Å². The van der Waals surface area contributed by atoms with Gasteiger partial charge in [-0.05, 0) is 71.8 Å². The molecular weight excluding hydrogens is 654 g/mol. The number of aliphatic hydroxyl groups excluding tert-OH is 1. The third-order valence-corrected chi connectivity index (χ3v) is 10.9. The van der Waals surface area contributed by atoms with Crippen LogP contribution in [0.4, 0.5) is 10.5 Å². The van der Waals surface area contributed by atoms with E-state index >= 15 is 0 Å². The molecule has 0 bridgehead atoms. The van der Waals surface area contributed by atoms with Crippen LogP contribution in [-0.2, 0) is 27.4 Å². The Balaban J connectivity index is 1.10. The molecule has 4 atom stereocenters. The van der Waals surface area contributed by atoms with Crippen molar-refractivity contribution in [2.24, 2.45) is 5.92 Å². The Bertz CT molecular complexity index is 1830. The van der Waals surface area contributed by atoms with Gasteiger partial charge in [0.05, 0.1) is 25.5 Å². The summed E-state index contributed by atoms with van der Waals surface area (Å²) < 4.78 is 13.7. The summed E-state index contributed by atoms with van der Waals surface area (Å²) in [4.78, 5) is 30.0. The quantitative estimate of drug-likeness (QED) is 0.163. The lowest BCUT2D eigenvalue weighted by Gasteiger charge is -2.46. The minimum atomic E-state index is -0.600. The molecule has 1 spiro atoms. The van der Waals surface area contributed by atoms with Gasteiger partial charge in [-0.25, -0.2) is 4.79 Å². The first kappa shape index (κ1) is 35.7. The number of urea groups is 1. The molecule has 3 aliphatic heterocycles. The molecule has 0 radical (unpaired) electrons. The van der Waals surface area contributed by atoms with Gasteiger partial charge in [-0.1, -0.05) is 85.8 Å². The predicted molar refractivity (Wildman–Crippen MR) is 201 cm³/mol. The number of hydrogen-bond donors (Lipinski definition) is 4. The van der Waals surface area contributed by atoms with E-state index in [4.69, 9.17) is 9.47 Å². The minimum Gasteiger partial charge on any atom is -0.392 e. The van der Waals surface area contributed by atoms with E-state index in [1.54, 1.807) is 0 Å². The molecule has 3 heterocycles. The van der Waals surface area contributed by atoms with E-state index in [1.165, 1.54) is 0 Å². The summed E-state index contributed by atoms with van der Waals surface area (Å²) in [6, 6.07) is 34.5. The fourth-order valence-corrected chi connectivity index (χ4v) is 7.85. The van der Waals surface area contributed by atoms with Crippen molar-refractivity contribution in [2.75, 3.05) is 37.7 Å². The Morgan fingerprint density at radius 3 is 2.33 bits per heavy atom. The van der Waals surface area contributed by atoms with Crippen molar-refractivity contribution in [1.29, 1.82) is 0 Å². The predicted octanol–water partition coefficient (Wildman–Crippen LogP) is 5.88. The first-order valence-corrected chi connectivity index (χ1v) is 18.4. The molecule has 4 N–H and O–H groups in total. The van der Waals surface area contributed by atoms with Crippen LogP contribution in [0.25, 0.3) is 11.1 Å². The average molecular weight is 704 g/mol. The maximum Gasteiger partial charge on any atom is 0.315 e. The molecule has 3 fully saturated rings. The highest BCUT2D eigenvalue weighted by Gasteiger charge is 2.51. The van der Waals surface area contributed by atoms with Gasteiger partial charge in [0, 0.05) is 49.9 Å². The summed E-state index contributed by atoms with van der Waals surface area (Å²) in [6.45, 7) is 7.88. The molecule has 4 aromatic rings. The Kier molecular flexibility index (Phi) is 10.9. The zero-order valence-corrected chi connectivity index (χ0v) is 30.0. The summed E-state index contributed by atoms with van der Waals surface area (Å²) in [7, 11) is 0. The number of carbonyl (C=O) groups excluding carboxylic acids is 2. The van der Waals surface area contributed by atoms with Crippen LogP contribution in [0, 0.1) is 5.92 Å². The van der Waals surface area contributed by atoms with Crippen LogP contribution in [0.1, 0.15) is 61.3 Å². The van der Waals surface area contributed by atoms with Crippen LogP contribution >= 0.6 is 0 Å². The first-order valence-electron chi connectivity index (χ1n) is 18.4. The van der Waals surface area contributed by atoms with E-state index in [9.17, 15) is 14.7 Å². The van der Waals surface area contributed by atoms with E-state index in [-0.39, 0.29) is 36.7 Å². The Labute approximate surface area is 306 Å². The van der Waals surface area contributed by atoms with Crippen molar-refractivity contribution in [3.05, 3.63) is 125 Å². The summed E-state index contributed by atoms with van der Waals surface area (Å²) in [5.41, 5.74) is 6.43. The van der Waals surface area contributed by atoms with E-state index in [1.807, 2.05) is 67.6 Å². The van der Waals surface area contributed by atoms with Crippen molar-refractivity contribution in [3.63, 3.8) is 0 Å². The van der Waals surface area contributed by atoms with Gasteiger partial charge < -0.3 is 40.3 Å². The largest absolute Gasteiger partial charge is 0.392 e. The van der Waals surface area contributed by atoms with Gasteiger partial charge in [0.1, 0.15) is 5.54 Å². The second-order valence-corrected chi connectivity index (χ2v) is 14.1. The Hall–Kier alpha value is -4.74. The van der Waals surface area contributed by atoms with Gasteiger partial charge in [-0.3, -0.25) is 4.79 Å². The van der Waals surface area contributed by atoms with Gasteiger partial charge in [0.2, 0.25) is 5.91 Å². The fraction of sp³-hybridized carbons (Fsp3) is 0.381. The lowest BCUT2D eigenvalue weighted by atomic mass is 9.84. The summed E-state index contributed by atoms with van der Waals surface area (Å²) >= 11 is 0. The number of nitrogens with one attached hydrogen (secondary N) is 3. The highest BCUT2D eigenvalue weighted by molar-refractivity contribution is 5.93. The number of para-hydroxylation sites is 1.